The Morgan fingerprint density at radius 2 is 0.885 bits per heavy atom. The van der Waals surface area contributed by atoms with Gasteiger partial charge in [-0.25, -0.2) is 0 Å². The number of hydrogen-bond donors (Lipinski definition) is 0. The zero-order valence-electron chi connectivity index (χ0n) is 28.5. The van der Waals surface area contributed by atoms with Gasteiger partial charge < -0.3 is 4.57 Å². The summed E-state index contributed by atoms with van der Waals surface area (Å²) < 4.78 is 2.47. The normalized spacial score (nSPS) is 13.2. The van der Waals surface area contributed by atoms with Crippen molar-refractivity contribution in [2.45, 2.75) is 5.41 Å². The van der Waals surface area contributed by atoms with Gasteiger partial charge in [0, 0.05) is 16.2 Å². The average Bonchev–Trinajstić information content (AvgIpc) is 3.71. The zero-order valence-corrected chi connectivity index (χ0v) is 28.5. The Labute approximate surface area is 302 Å². The van der Waals surface area contributed by atoms with Gasteiger partial charge in [-0.1, -0.05) is 170 Å². The Kier molecular flexibility index (Phi) is 6.23. The third-order valence-electron chi connectivity index (χ3n) is 11.5. The lowest BCUT2D eigenvalue weighted by molar-refractivity contribution is 0.768. The summed E-state index contributed by atoms with van der Waals surface area (Å²) in [5.74, 6) is 0. The van der Waals surface area contributed by atoms with E-state index >= 15 is 0 Å². The molecule has 0 atom stereocenters. The monoisotopic (exact) mass is 659 g/mol. The van der Waals surface area contributed by atoms with Crippen LogP contribution in [0, 0.1) is 0 Å². The number of hydrogen-bond acceptors (Lipinski definition) is 0. The van der Waals surface area contributed by atoms with Crippen molar-refractivity contribution in [2.24, 2.45) is 0 Å². The van der Waals surface area contributed by atoms with Crippen LogP contribution in [0.1, 0.15) is 22.3 Å². The predicted molar refractivity (Wildman–Crippen MR) is 219 cm³/mol. The molecule has 52 heavy (non-hydrogen) atoms. The van der Waals surface area contributed by atoms with Crippen LogP contribution in [-0.4, -0.2) is 4.57 Å². The second kappa shape index (κ2) is 11.2. The summed E-state index contributed by atoms with van der Waals surface area (Å²) in [4.78, 5) is 0. The van der Waals surface area contributed by atoms with Crippen molar-refractivity contribution in [2.75, 3.05) is 0 Å². The SMILES string of the molecule is c1ccc(C2(c3ccccc3)c3ccccc3-c3cc(-c4ccc5c(c4)c4ccccc4n5-c4cc5ccccc5c5ccccc45)ccc32)cc1. The number of para-hydroxylation sites is 1. The molecule has 1 aromatic heterocycles. The van der Waals surface area contributed by atoms with Crippen molar-refractivity contribution in [3.05, 3.63) is 222 Å². The van der Waals surface area contributed by atoms with E-state index in [4.69, 9.17) is 0 Å². The minimum Gasteiger partial charge on any atom is -0.309 e. The number of nitrogens with zero attached hydrogens (tertiary/aromatic N) is 1. The predicted octanol–water partition coefficient (Wildman–Crippen LogP) is 13.1. The lowest BCUT2D eigenvalue weighted by Crippen LogP contribution is -2.28. The third-order valence-corrected chi connectivity index (χ3v) is 11.5. The third kappa shape index (κ3) is 3.99. The maximum atomic E-state index is 2.47. The van der Waals surface area contributed by atoms with Crippen molar-refractivity contribution in [1.82, 2.24) is 4.57 Å². The van der Waals surface area contributed by atoms with Gasteiger partial charge in [0.05, 0.1) is 22.1 Å². The fourth-order valence-electron chi connectivity index (χ4n) is 9.26. The highest BCUT2D eigenvalue weighted by Gasteiger charge is 2.45. The molecule has 1 nitrogen and oxygen atoms in total. The summed E-state index contributed by atoms with van der Waals surface area (Å²) in [5.41, 5.74) is 13.5. The summed E-state index contributed by atoms with van der Waals surface area (Å²) in [7, 11) is 0. The van der Waals surface area contributed by atoms with Crippen LogP contribution < -0.4 is 0 Å². The van der Waals surface area contributed by atoms with Crippen molar-refractivity contribution >= 4 is 43.4 Å². The molecular weight excluding hydrogens is 627 g/mol. The van der Waals surface area contributed by atoms with E-state index in [-0.39, 0.29) is 0 Å². The van der Waals surface area contributed by atoms with Gasteiger partial charge in [0.2, 0.25) is 0 Å². The molecule has 242 valence electrons. The average molecular weight is 660 g/mol. The van der Waals surface area contributed by atoms with Gasteiger partial charge in [-0.05, 0) is 91.0 Å². The summed E-state index contributed by atoms with van der Waals surface area (Å²) in [6.45, 7) is 0. The fourth-order valence-corrected chi connectivity index (χ4v) is 9.26. The number of benzene rings is 9. The topological polar surface area (TPSA) is 4.93 Å². The second-order valence-corrected chi connectivity index (χ2v) is 14.0. The maximum Gasteiger partial charge on any atom is 0.0713 e. The van der Waals surface area contributed by atoms with Gasteiger partial charge in [-0.3, -0.25) is 0 Å². The van der Waals surface area contributed by atoms with Crippen molar-refractivity contribution in [3.63, 3.8) is 0 Å². The molecule has 1 heteroatoms. The van der Waals surface area contributed by atoms with E-state index in [0.717, 1.165) is 0 Å². The van der Waals surface area contributed by atoms with Gasteiger partial charge in [0.25, 0.3) is 0 Å². The standard InChI is InChI=1S/C51H33N/c1-3-16-37(17-4-1)51(38-18-5-2-6-19-38)46-25-13-11-22-41(46)44-31-34(27-29-47(44)51)35-28-30-49-45(32-35)43-24-12-14-26-48(43)52(49)50-33-36-15-7-8-20-39(36)40-21-9-10-23-42(40)50/h1-33H. The quantitative estimate of drug-likeness (QED) is 0.166. The van der Waals surface area contributed by atoms with Crippen LogP contribution in [0.15, 0.2) is 200 Å². The first-order valence-corrected chi connectivity index (χ1v) is 18.1. The number of fused-ring (bicyclic) bond motifs is 9. The lowest BCUT2D eigenvalue weighted by Gasteiger charge is -2.33. The first-order chi connectivity index (χ1) is 25.8. The molecule has 1 aliphatic rings. The summed E-state index contributed by atoms with van der Waals surface area (Å²) in [6, 6.07) is 74.0. The maximum absolute atomic E-state index is 2.47. The van der Waals surface area contributed by atoms with E-state index < -0.39 is 5.41 Å². The minimum absolute atomic E-state index is 0.396. The molecule has 0 saturated carbocycles. The molecule has 0 unspecified atom stereocenters. The van der Waals surface area contributed by atoms with Crippen LogP contribution in [0.3, 0.4) is 0 Å². The van der Waals surface area contributed by atoms with E-state index in [1.54, 1.807) is 0 Å². The molecule has 10 aromatic rings. The smallest absolute Gasteiger partial charge is 0.0713 e. The van der Waals surface area contributed by atoms with Crippen molar-refractivity contribution in [1.29, 1.82) is 0 Å². The highest BCUT2D eigenvalue weighted by Crippen LogP contribution is 2.56. The summed E-state index contributed by atoms with van der Waals surface area (Å²) in [5, 5.41) is 7.58. The Bertz CT molecular complexity index is 2960. The molecule has 0 fully saturated rings. The van der Waals surface area contributed by atoms with Gasteiger partial charge in [-0.2, -0.15) is 0 Å². The van der Waals surface area contributed by atoms with Crippen LogP contribution in [0.2, 0.25) is 0 Å². The van der Waals surface area contributed by atoms with Gasteiger partial charge in [0.15, 0.2) is 0 Å². The fraction of sp³-hybridized carbons (Fsp3) is 0.0196. The number of rotatable bonds is 4. The Hall–Kier alpha value is -6.70. The van der Waals surface area contributed by atoms with Gasteiger partial charge >= 0.3 is 0 Å². The van der Waals surface area contributed by atoms with Crippen LogP contribution in [-0.2, 0) is 5.41 Å². The molecule has 0 spiro atoms. The van der Waals surface area contributed by atoms with Crippen LogP contribution in [0.25, 0.3) is 71.3 Å². The van der Waals surface area contributed by atoms with Crippen LogP contribution in [0.5, 0.6) is 0 Å². The van der Waals surface area contributed by atoms with E-state index in [9.17, 15) is 0 Å². The molecule has 9 aromatic carbocycles. The first-order valence-electron chi connectivity index (χ1n) is 18.1. The van der Waals surface area contributed by atoms with Crippen molar-refractivity contribution < 1.29 is 0 Å². The molecule has 0 saturated heterocycles. The Balaban J connectivity index is 1.14. The molecule has 0 aliphatic heterocycles. The molecule has 0 amide bonds. The Morgan fingerprint density at radius 3 is 1.67 bits per heavy atom. The molecule has 0 bridgehead atoms. The molecular formula is C51H33N. The number of aromatic nitrogens is 1. The minimum atomic E-state index is -0.396. The van der Waals surface area contributed by atoms with Crippen molar-refractivity contribution in [3.8, 4) is 27.9 Å². The second-order valence-electron chi connectivity index (χ2n) is 14.0. The van der Waals surface area contributed by atoms with Crippen LogP contribution in [0.4, 0.5) is 0 Å². The van der Waals surface area contributed by atoms with E-state index in [2.05, 4.69) is 205 Å². The molecule has 11 rings (SSSR count). The van der Waals surface area contributed by atoms with Gasteiger partial charge in [0.1, 0.15) is 0 Å². The Morgan fingerprint density at radius 1 is 0.327 bits per heavy atom. The van der Waals surface area contributed by atoms with E-state index in [0.29, 0.717) is 0 Å². The van der Waals surface area contributed by atoms with E-state index in [1.165, 1.54) is 93.5 Å². The zero-order chi connectivity index (χ0) is 34.2. The largest absolute Gasteiger partial charge is 0.309 e. The molecule has 0 N–H and O–H groups in total. The van der Waals surface area contributed by atoms with Gasteiger partial charge in [-0.15, -0.1) is 0 Å². The summed E-state index contributed by atoms with van der Waals surface area (Å²) >= 11 is 0. The lowest BCUT2D eigenvalue weighted by atomic mass is 9.67. The van der Waals surface area contributed by atoms with Crippen LogP contribution >= 0.6 is 0 Å². The highest BCUT2D eigenvalue weighted by atomic mass is 15.0. The summed E-state index contributed by atoms with van der Waals surface area (Å²) in [6.07, 6.45) is 0. The highest BCUT2D eigenvalue weighted by molar-refractivity contribution is 6.15. The molecule has 1 aliphatic carbocycles. The van der Waals surface area contributed by atoms with E-state index in [1.807, 2.05) is 0 Å². The molecule has 0 radical (unpaired) electrons. The first kappa shape index (κ1) is 29.1. The molecule has 1 heterocycles.